The molecule has 34 heavy (non-hydrogen) atoms. The quantitative estimate of drug-likeness (QED) is 0.139. The molecule has 1 amide bonds. The number of fused-ring (bicyclic) bond motifs is 1. The fraction of sp³-hybridized carbons (Fsp3) is 0.154. The molecule has 1 aromatic heterocycles. The van der Waals surface area contributed by atoms with Gasteiger partial charge in [0.05, 0.1) is 12.6 Å². The second kappa shape index (κ2) is 9.99. The zero-order valence-corrected chi connectivity index (χ0v) is 18.7. The van der Waals surface area contributed by atoms with Crippen molar-refractivity contribution in [1.82, 2.24) is 9.88 Å². The van der Waals surface area contributed by atoms with Crippen LogP contribution >= 0.6 is 0 Å². The third-order valence-corrected chi connectivity index (χ3v) is 5.67. The average Bonchev–Trinajstić information content (AvgIpc) is 3.23. The van der Waals surface area contributed by atoms with Crippen LogP contribution in [-0.2, 0) is 13.0 Å². The van der Waals surface area contributed by atoms with Gasteiger partial charge in [0.2, 0.25) is 0 Å². The highest BCUT2D eigenvalue weighted by atomic mass is 16.5. The number of aromatic nitrogens is 1. The van der Waals surface area contributed by atoms with E-state index in [1.54, 1.807) is 25.3 Å². The van der Waals surface area contributed by atoms with Gasteiger partial charge < -0.3 is 30.7 Å². The summed E-state index contributed by atoms with van der Waals surface area (Å²) in [7, 11) is 1.60. The second-order valence-electron chi connectivity index (χ2n) is 7.87. The molecule has 0 bridgehead atoms. The van der Waals surface area contributed by atoms with Crippen LogP contribution in [0, 0.1) is 0 Å². The first-order valence-corrected chi connectivity index (χ1v) is 10.8. The van der Waals surface area contributed by atoms with E-state index >= 15 is 0 Å². The maximum Gasteiger partial charge on any atom is 0.267 e. The number of ether oxygens (including phenoxy) is 1. The molecule has 0 aliphatic rings. The Labute approximate surface area is 196 Å². The van der Waals surface area contributed by atoms with E-state index in [0.29, 0.717) is 36.5 Å². The SMILES string of the molecule is COc1cccc2c1cc(C(=O)NCCc1ccc(O)cc1)n2Cc1cccc(C(N)=NO)c1. The Morgan fingerprint density at radius 1 is 1.06 bits per heavy atom. The number of carbonyl (C=O) groups is 1. The van der Waals surface area contributed by atoms with Gasteiger partial charge in [-0.1, -0.05) is 41.6 Å². The Bertz CT molecular complexity index is 1340. The monoisotopic (exact) mass is 458 g/mol. The fourth-order valence-electron chi connectivity index (χ4n) is 3.94. The maximum atomic E-state index is 13.2. The van der Waals surface area contributed by atoms with Gasteiger partial charge in [-0.15, -0.1) is 0 Å². The van der Waals surface area contributed by atoms with E-state index in [0.717, 1.165) is 22.0 Å². The Hall–Kier alpha value is -4.46. The van der Waals surface area contributed by atoms with Gasteiger partial charge in [-0.05, 0) is 53.9 Å². The number of phenolic OH excluding ortho intramolecular Hbond substituents is 1. The van der Waals surface area contributed by atoms with Crippen molar-refractivity contribution in [1.29, 1.82) is 0 Å². The van der Waals surface area contributed by atoms with Gasteiger partial charge in [-0.3, -0.25) is 4.79 Å². The summed E-state index contributed by atoms with van der Waals surface area (Å²) in [6.07, 6.45) is 0.636. The first-order chi connectivity index (χ1) is 16.5. The largest absolute Gasteiger partial charge is 0.508 e. The van der Waals surface area contributed by atoms with Crippen LogP contribution in [0.15, 0.2) is 78.0 Å². The summed E-state index contributed by atoms with van der Waals surface area (Å²) in [5.41, 5.74) is 9.61. The molecule has 4 rings (SSSR count). The van der Waals surface area contributed by atoms with Crippen LogP contribution in [0.5, 0.6) is 11.5 Å². The van der Waals surface area contributed by atoms with E-state index < -0.39 is 0 Å². The van der Waals surface area contributed by atoms with E-state index in [2.05, 4.69) is 10.5 Å². The van der Waals surface area contributed by atoms with Crippen LogP contribution in [0.3, 0.4) is 0 Å². The van der Waals surface area contributed by atoms with Crippen LogP contribution in [-0.4, -0.2) is 40.3 Å². The van der Waals surface area contributed by atoms with Crippen LogP contribution in [0.4, 0.5) is 0 Å². The van der Waals surface area contributed by atoms with Crippen molar-refractivity contribution in [3.05, 3.63) is 95.2 Å². The molecule has 0 aliphatic carbocycles. The number of amides is 1. The van der Waals surface area contributed by atoms with Crippen molar-refractivity contribution in [2.75, 3.05) is 13.7 Å². The van der Waals surface area contributed by atoms with Crippen molar-refractivity contribution in [3.8, 4) is 11.5 Å². The third kappa shape index (κ3) is 4.80. The van der Waals surface area contributed by atoms with Crippen molar-refractivity contribution in [2.24, 2.45) is 10.9 Å². The molecule has 5 N–H and O–H groups in total. The van der Waals surface area contributed by atoms with Gasteiger partial charge in [0.15, 0.2) is 5.84 Å². The van der Waals surface area contributed by atoms with Gasteiger partial charge in [-0.25, -0.2) is 0 Å². The minimum absolute atomic E-state index is 0.0214. The highest BCUT2D eigenvalue weighted by Crippen LogP contribution is 2.29. The van der Waals surface area contributed by atoms with Crippen molar-refractivity contribution >= 4 is 22.6 Å². The number of carbonyl (C=O) groups excluding carboxylic acids is 1. The fourth-order valence-corrected chi connectivity index (χ4v) is 3.94. The van der Waals surface area contributed by atoms with E-state index in [9.17, 15) is 9.90 Å². The Morgan fingerprint density at radius 2 is 1.82 bits per heavy atom. The molecule has 0 saturated carbocycles. The summed E-state index contributed by atoms with van der Waals surface area (Å²) >= 11 is 0. The molecule has 0 aliphatic heterocycles. The van der Waals surface area contributed by atoms with Crippen LogP contribution in [0.25, 0.3) is 10.9 Å². The summed E-state index contributed by atoms with van der Waals surface area (Å²) in [6, 6.07) is 21.8. The zero-order chi connectivity index (χ0) is 24.1. The number of phenols is 1. The van der Waals surface area contributed by atoms with E-state index in [4.69, 9.17) is 15.7 Å². The lowest BCUT2D eigenvalue weighted by Gasteiger charge is -2.13. The molecule has 8 nitrogen and oxygen atoms in total. The summed E-state index contributed by atoms with van der Waals surface area (Å²) in [5.74, 6) is 0.708. The van der Waals surface area contributed by atoms with Crippen molar-refractivity contribution in [3.63, 3.8) is 0 Å². The Morgan fingerprint density at radius 3 is 2.56 bits per heavy atom. The zero-order valence-electron chi connectivity index (χ0n) is 18.7. The summed E-state index contributed by atoms with van der Waals surface area (Å²) < 4.78 is 7.44. The second-order valence-corrected chi connectivity index (χ2v) is 7.87. The van der Waals surface area contributed by atoms with Crippen molar-refractivity contribution in [2.45, 2.75) is 13.0 Å². The number of methoxy groups -OCH3 is 1. The van der Waals surface area contributed by atoms with Gasteiger partial charge >= 0.3 is 0 Å². The van der Waals surface area contributed by atoms with Crippen LogP contribution in [0.2, 0.25) is 0 Å². The van der Waals surface area contributed by atoms with E-state index in [1.165, 1.54) is 0 Å². The third-order valence-electron chi connectivity index (χ3n) is 5.67. The van der Waals surface area contributed by atoms with Gasteiger partial charge in [-0.2, -0.15) is 0 Å². The number of amidine groups is 1. The number of oxime groups is 1. The van der Waals surface area contributed by atoms with Crippen LogP contribution in [0.1, 0.15) is 27.2 Å². The smallest absolute Gasteiger partial charge is 0.267 e. The molecule has 0 radical (unpaired) electrons. The Kier molecular flexibility index (Phi) is 6.68. The molecular weight excluding hydrogens is 432 g/mol. The first kappa shape index (κ1) is 22.7. The number of nitrogens with one attached hydrogen (secondary N) is 1. The van der Waals surface area contributed by atoms with Gasteiger partial charge in [0, 0.05) is 24.0 Å². The molecule has 8 heteroatoms. The molecule has 174 valence electrons. The van der Waals surface area contributed by atoms with E-state index in [1.807, 2.05) is 59.2 Å². The van der Waals surface area contributed by atoms with Gasteiger partial charge in [0.25, 0.3) is 5.91 Å². The minimum Gasteiger partial charge on any atom is -0.508 e. The molecule has 4 aromatic rings. The molecular formula is C26H26N4O4. The maximum absolute atomic E-state index is 13.2. The number of hydrogen-bond donors (Lipinski definition) is 4. The van der Waals surface area contributed by atoms with Crippen molar-refractivity contribution < 1.29 is 19.8 Å². The van der Waals surface area contributed by atoms with E-state index in [-0.39, 0.29) is 17.5 Å². The highest BCUT2D eigenvalue weighted by molar-refractivity contribution is 6.00. The molecule has 0 unspecified atom stereocenters. The predicted octanol–water partition coefficient (Wildman–Crippen LogP) is 3.47. The normalized spacial score (nSPS) is 11.5. The highest BCUT2D eigenvalue weighted by Gasteiger charge is 2.18. The Balaban J connectivity index is 1.63. The molecule has 0 fully saturated rings. The number of nitrogens with zero attached hydrogens (tertiary/aromatic N) is 2. The summed E-state index contributed by atoms with van der Waals surface area (Å²) in [5, 5.41) is 25.3. The average molecular weight is 459 g/mol. The molecule has 3 aromatic carbocycles. The molecule has 1 heterocycles. The van der Waals surface area contributed by atoms with Gasteiger partial charge in [0.1, 0.15) is 17.2 Å². The number of hydrogen-bond acceptors (Lipinski definition) is 5. The first-order valence-electron chi connectivity index (χ1n) is 10.8. The van der Waals surface area contributed by atoms with Crippen LogP contribution < -0.4 is 15.8 Å². The molecule has 0 atom stereocenters. The topological polar surface area (TPSA) is 122 Å². The lowest BCUT2D eigenvalue weighted by Crippen LogP contribution is -2.28. The molecule has 0 spiro atoms. The summed E-state index contributed by atoms with van der Waals surface area (Å²) in [6.45, 7) is 0.852. The minimum atomic E-state index is -0.204. The number of benzene rings is 3. The number of aromatic hydroxyl groups is 1. The number of nitrogens with two attached hydrogens (primary N) is 1. The predicted molar refractivity (Wildman–Crippen MR) is 131 cm³/mol. The number of rotatable bonds is 8. The summed E-state index contributed by atoms with van der Waals surface area (Å²) in [4.78, 5) is 13.2. The molecule has 0 saturated heterocycles. The lowest BCUT2D eigenvalue weighted by atomic mass is 10.1. The lowest BCUT2D eigenvalue weighted by molar-refractivity contribution is 0.0945. The standard InChI is InChI=1S/C26H26N4O4/c1-34-24-7-3-6-22-21(24)15-23(26(32)28-13-12-17-8-10-20(31)11-9-17)30(22)16-18-4-2-5-19(14-18)25(27)29-33/h2-11,14-15,31,33H,12-13,16H2,1H3,(H2,27,29)(H,28,32).